The summed E-state index contributed by atoms with van der Waals surface area (Å²) in [5.41, 5.74) is 2.18. The third-order valence-corrected chi connectivity index (χ3v) is 4.50. The standard InChI is InChI=1S/C18H24N2O/c21-18(15-7-3-1-4-8-15)19-16-9-11-17(12-10-16)20-13-5-2-6-14-20/h1,3,9-12,15H,2,4-8,13-14H2,(H,19,21)/t15-/m0/s1. The van der Waals surface area contributed by atoms with E-state index in [-0.39, 0.29) is 11.8 Å². The number of nitrogens with one attached hydrogen (secondary N) is 1. The second-order valence-electron chi connectivity index (χ2n) is 6.07. The molecule has 2 aliphatic rings. The monoisotopic (exact) mass is 284 g/mol. The molecule has 1 aromatic rings. The molecule has 1 aliphatic carbocycles. The fourth-order valence-electron chi connectivity index (χ4n) is 3.18. The Kier molecular flexibility index (Phi) is 4.59. The van der Waals surface area contributed by atoms with E-state index >= 15 is 0 Å². The van der Waals surface area contributed by atoms with Crippen LogP contribution in [0.4, 0.5) is 11.4 Å². The zero-order valence-electron chi connectivity index (χ0n) is 12.6. The Morgan fingerprint density at radius 1 is 1.05 bits per heavy atom. The Hall–Kier alpha value is -1.77. The SMILES string of the molecule is O=C(Nc1ccc(N2CCCCC2)cc1)[C@H]1CC=CCC1. The number of anilines is 2. The number of hydrogen-bond acceptors (Lipinski definition) is 2. The number of benzene rings is 1. The van der Waals surface area contributed by atoms with Crippen molar-refractivity contribution in [3.63, 3.8) is 0 Å². The summed E-state index contributed by atoms with van der Waals surface area (Å²) in [5, 5.41) is 3.05. The van der Waals surface area contributed by atoms with Gasteiger partial charge >= 0.3 is 0 Å². The second kappa shape index (κ2) is 6.79. The molecule has 1 aliphatic heterocycles. The molecule has 1 heterocycles. The second-order valence-corrected chi connectivity index (χ2v) is 6.07. The molecule has 3 rings (SSSR count). The van der Waals surface area contributed by atoms with E-state index < -0.39 is 0 Å². The lowest BCUT2D eigenvalue weighted by molar-refractivity contribution is -0.120. The van der Waals surface area contributed by atoms with Gasteiger partial charge in [0.1, 0.15) is 0 Å². The van der Waals surface area contributed by atoms with E-state index in [0.717, 1.165) is 38.0 Å². The highest BCUT2D eigenvalue weighted by Crippen LogP contribution is 2.23. The Balaban J connectivity index is 1.58. The molecule has 3 nitrogen and oxygen atoms in total. The molecular weight excluding hydrogens is 260 g/mol. The van der Waals surface area contributed by atoms with Gasteiger partial charge in [0.05, 0.1) is 0 Å². The van der Waals surface area contributed by atoms with Crippen LogP contribution < -0.4 is 10.2 Å². The number of carbonyl (C=O) groups excluding carboxylic acids is 1. The number of amides is 1. The van der Waals surface area contributed by atoms with E-state index in [1.54, 1.807) is 0 Å². The van der Waals surface area contributed by atoms with Gasteiger partial charge in [-0.15, -0.1) is 0 Å². The van der Waals surface area contributed by atoms with E-state index in [4.69, 9.17) is 0 Å². The van der Waals surface area contributed by atoms with Crippen molar-refractivity contribution in [2.75, 3.05) is 23.3 Å². The van der Waals surface area contributed by atoms with Crippen molar-refractivity contribution in [1.82, 2.24) is 0 Å². The number of allylic oxidation sites excluding steroid dienone is 2. The van der Waals surface area contributed by atoms with Crippen molar-refractivity contribution in [1.29, 1.82) is 0 Å². The molecule has 1 N–H and O–H groups in total. The third-order valence-electron chi connectivity index (χ3n) is 4.50. The lowest BCUT2D eigenvalue weighted by atomic mass is 9.93. The molecule has 0 unspecified atom stereocenters. The van der Waals surface area contributed by atoms with E-state index in [9.17, 15) is 4.79 Å². The van der Waals surface area contributed by atoms with Crippen LogP contribution >= 0.6 is 0 Å². The van der Waals surface area contributed by atoms with Crippen molar-refractivity contribution >= 4 is 17.3 Å². The Bertz CT molecular complexity index is 500. The molecule has 1 saturated heterocycles. The van der Waals surface area contributed by atoms with Crippen LogP contribution in [0.2, 0.25) is 0 Å². The van der Waals surface area contributed by atoms with Crippen LogP contribution in [-0.4, -0.2) is 19.0 Å². The van der Waals surface area contributed by atoms with Gasteiger partial charge in [-0.25, -0.2) is 0 Å². The Labute approximate surface area is 127 Å². The highest BCUT2D eigenvalue weighted by Gasteiger charge is 2.18. The van der Waals surface area contributed by atoms with E-state index in [2.05, 4.69) is 34.5 Å². The molecule has 0 spiro atoms. The van der Waals surface area contributed by atoms with Crippen molar-refractivity contribution < 1.29 is 4.79 Å². The quantitative estimate of drug-likeness (QED) is 0.852. The molecule has 1 fully saturated rings. The molecule has 0 saturated carbocycles. The van der Waals surface area contributed by atoms with Crippen LogP contribution in [0.1, 0.15) is 38.5 Å². The van der Waals surface area contributed by atoms with E-state index in [1.165, 1.54) is 24.9 Å². The normalized spacial score (nSPS) is 22.1. The zero-order chi connectivity index (χ0) is 14.5. The average Bonchev–Trinajstić information content (AvgIpc) is 2.57. The topological polar surface area (TPSA) is 32.3 Å². The highest BCUT2D eigenvalue weighted by molar-refractivity contribution is 5.92. The van der Waals surface area contributed by atoms with Gasteiger partial charge in [0.15, 0.2) is 0 Å². The first-order valence-corrected chi connectivity index (χ1v) is 8.14. The van der Waals surface area contributed by atoms with E-state index in [0.29, 0.717) is 0 Å². The summed E-state index contributed by atoms with van der Waals surface area (Å²) in [4.78, 5) is 14.6. The van der Waals surface area contributed by atoms with Crippen molar-refractivity contribution in [2.45, 2.75) is 38.5 Å². The minimum atomic E-state index is 0.136. The average molecular weight is 284 g/mol. The largest absolute Gasteiger partial charge is 0.372 e. The predicted octanol–water partition coefficient (Wildman–Crippen LogP) is 3.97. The molecule has 21 heavy (non-hydrogen) atoms. The van der Waals surface area contributed by atoms with Gasteiger partial charge in [-0.1, -0.05) is 12.2 Å². The molecule has 112 valence electrons. The van der Waals surface area contributed by atoms with Crippen molar-refractivity contribution in [3.05, 3.63) is 36.4 Å². The first-order valence-electron chi connectivity index (χ1n) is 8.14. The molecule has 1 amide bonds. The number of piperidine rings is 1. The van der Waals surface area contributed by atoms with Crippen molar-refractivity contribution in [2.24, 2.45) is 5.92 Å². The smallest absolute Gasteiger partial charge is 0.227 e. The van der Waals surface area contributed by atoms with Gasteiger partial charge in [0, 0.05) is 30.4 Å². The lowest BCUT2D eigenvalue weighted by Gasteiger charge is -2.29. The van der Waals surface area contributed by atoms with Gasteiger partial charge in [0.25, 0.3) is 0 Å². The molecule has 0 radical (unpaired) electrons. The number of hydrogen-bond donors (Lipinski definition) is 1. The Morgan fingerprint density at radius 2 is 1.81 bits per heavy atom. The maximum absolute atomic E-state index is 12.2. The molecule has 3 heteroatoms. The Morgan fingerprint density at radius 3 is 2.48 bits per heavy atom. The van der Waals surface area contributed by atoms with Gasteiger partial charge in [-0.3, -0.25) is 4.79 Å². The number of carbonyl (C=O) groups is 1. The first kappa shape index (κ1) is 14.2. The molecule has 0 bridgehead atoms. The summed E-state index contributed by atoms with van der Waals surface area (Å²) >= 11 is 0. The fraction of sp³-hybridized carbons (Fsp3) is 0.500. The molecule has 1 atom stereocenters. The molecule has 1 aromatic carbocycles. The predicted molar refractivity (Wildman–Crippen MR) is 87.6 cm³/mol. The van der Waals surface area contributed by atoms with Crippen LogP contribution in [0.25, 0.3) is 0 Å². The maximum atomic E-state index is 12.2. The molecular formula is C18H24N2O. The summed E-state index contributed by atoms with van der Waals surface area (Å²) < 4.78 is 0. The zero-order valence-corrected chi connectivity index (χ0v) is 12.6. The summed E-state index contributed by atoms with van der Waals surface area (Å²) in [6.45, 7) is 2.31. The maximum Gasteiger partial charge on any atom is 0.227 e. The fourth-order valence-corrected chi connectivity index (χ4v) is 3.18. The van der Waals surface area contributed by atoms with Crippen molar-refractivity contribution in [3.8, 4) is 0 Å². The van der Waals surface area contributed by atoms with Crippen LogP contribution in [0, 0.1) is 5.92 Å². The van der Waals surface area contributed by atoms with Crippen LogP contribution in [0.15, 0.2) is 36.4 Å². The van der Waals surface area contributed by atoms with Gasteiger partial charge < -0.3 is 10.2 Å². The molecule has 0 aromatic heterocycles. The minimum absolute atomic E-state index is 0.136. The van der Waals surface area contributed by atoms with Crippen LogP contribution in [0.3, 0.4) is 0 Å². The van der Waals surface area contributed by atoms with Crippen LogP contribution in [0.5, 0.6) is 0 Å². The third kappa shape index (κ3) is 3.66. The van der Waals surface area contributed by atoms with Gasteiger partial charge in [0.2, 0.25) is 5.91 Å². The highest BCUT2D eigenvalue weighted by atomic mass is 16.1. The van der Waals surface area contributed by atoms with Gasteiger partial charge in [-0.2, -0.15) is 0 Å². The lowest BCUT2D eigenvalue weighted by Crippen LogP contribution is -2.29. The number of nitrogens with zero attached hydrogens (tertiary/aromatic N) is 1. The van der Waals surface area contributed by atoms with Crippen LogP contribution in [-0.2, 0) is 4.79 Å². The number of rotatable bonds is 3. The summed E-state index contributed by atoms with van der Waals surface area (Å²) in [6, 6.07) is 8.31. The van der Waals surface area contributed by atoms with Gasteiger partial charge in [-0.05, 0) is 62.8 Å². The summed E-state index contributed by atoms with van der Waals surface area (Å²) in [5.74, 6) is 0.293. The minimum Gasteiger partial charge on any atom is -0.372 e. The first-order chi connectivity index (χ1) is 10.3. The van der Waals surface area contributed by atoms with E-state index in [1.807, 2.05) is 12.1 Å². The summed E-state index contributed by atoms with van der Waals surface area (Å²) in [6.07, 6.45) is 11.1. The summed E-state index contributed by atoms with van der Waals surface area (Å²) in [7, 11) is 0.